The van der Waals surface area contributed by atoms with E-state index >= 15 is 0 Å². The number of hydrogen-bond acceptors (Lipinski definition) is 3. The van der Waals surface area contributed by atoms with Crippen LogP contribution in [-0.4, -0.2) is 37.8 Å². The van der Waals surface area contributed by atoms with Gasteiger partial charge in [0, 0.05) is 26.3 Å². The average molecular weight is 233 g/mol. The highest BCUT2D eigenvalue weighted by molar-refractivity contribution is 5.36. The van der Waals surface area contributed by atoms with E-state index in [1.165, 1.54) is 0 Å². The molecule has 16 heavy (non-hydrogen) atoms. The van der Waals surface area contributed by atoms with Gasteiger partial charge in [-0.05, 0) is 12.1 Å². The van der Waals surface area contributed by atoms with Gasteiger partial charge in [-0.2, -0.15) is 13.2 Å². The predicted octanol–water partition coefficient (Wildman–Crippen LogP) is 1.67. The van der Waals surface area contributed by atoms with E-state index in [1.54, 1.807) is 24.2 Å². The second-order valence-corrected chi connectivity index (χ2v) is 3.40. The molecule has 1 rings (SSSR count). The largest absolute Gasteiger partial charge is 0.401 e. The van der Waals surface area contributed by atoms with Gasteiger partial charge in [-0.3, -0.25) is 0 Å². The maximum Gasteiger partial charge on any atom is 0.401 e. The molecule has 0 aliphatic carbocycles. The molecule has 0 atom stereocenters. The van der Waals surface area contributed by atoms with Crippen molar-refractivity contribution in [3.05, 3.63) is 24.4 Å². The molecule has 0 amide bonds. The highest BCUT2D eigenvalue weighted by atomic mass is 19.4. The van der Waals surface area contributed by atoms with E-state index in [0.717, 1.165) is 5.82 Å². The van der Waals surface area contributed by atoms with Gasteiger partial charge >= 0.3 is 6.18 Å². The fourth-order valence-electron chi connectivity index (χ4n) is 1.17. The first-order chi connectivity index (χ1) is 7.49. The lowest BCUT2D eigenvalue weighted by atomic mass is 10.4. The third-order valence-corrected chi connectivity index (χ3v) is 1.99. The number of hydrogen-bond donors (Lipinski definition) is 1. The second-order valence-electron chi connectivity index (χ2n) is 3.40. The van der Waals surface area contributed by atoms with Crippen molar-refractivity contribution in [3.8, 4) is 0 Å². The molecule has 90 valence electrons. The first-order valence-corrected chi connectivity index (χ1v) is 4.89. The number of alkyl halides is 3. The summed E-state index contributed by atoms with van der Waals surface area (Å²) in [6, 6.07) is 5.44. The van der Waals surface area contributed by atoms with Gasteiger partial charge < -0.3 is 10.2 Å². The Balaban J connectivity index is 2.24. The number of nitrogens with zero attached hydrogens (tertiary/aromatic N) is 2. The summed E-state index contributed by atoms with van der Waals surface area (Å²) in [7, 11) is 1.79. The molecule has 0 radical (unpaired) electrons. The van der Waals surface area contributed by atoms with Gasteiger partial charge in [-0.1, -0.05) is 6.07 Å². The van der Waals surface area contributed by atoms with Gasteiger partial charge in [0.2, 0.25) is 0 Å². The third-order valence-electron chi connectivity index (χ3n) is 1.99. The number of aromatic nitrogens is 1. The van der Waals surface area contributed by atoms with E-state index in [9.17, 15) is 13.2 Å². The summed E-state index contributed by atoms with van der Waals surface area (Å²) in [6.07, 6.45) is -2.50. The van der Waals surface area contributed by atoms with Gasteiger partial charge in [0.25, 0.3) is 0 Å². The van der Waals surface area contributed by atoms with Crippen LogP contribution in [-0.2, 0) is 0 Å². The molecule has 0 aliphatic heterocycles. The van der Waals surface area contributed by atoms with Crippen molar-refractivity contribution in [1.82, 2.24) is 10.3 Å². The van der Waals surface area contributed by atoms with Crippen LogP contribution in [0.5, 0.6) is 0 Å². The fourth-order valence-corrected chi connectivity index (χ4v) is 1.17. The van der Waals surface area contributed by atoms with Crippen LogP contribution in [0.3, 0.4) is 0 Å². The molecule has 1 N–H and O–H groups in total. The minimum atomic E-state index is -4.15. The van der Waals surface area contributed by atoms with Crippen molar-refractivity contribution < 1.29 is 13.2 Å². The number of rotatable bonds is 5. The zero-order valence-corrected chi connectivity index (χ0v) is 8.96. The smallest absolute Gasteiger partial charge is 0.358 e. The molecule has 0 saturated carbocycles. The highest BCUT2D eigenvalue weighted by Gasteiger charge is 2.25. The Bertz CT molecular complexity index is 300. The molecule has 0 spiro atoms. The van der Waals surface area contributed by atoms with Gasteiger partial charge in [0.1, 0.15) is 5.82 Å². The van der Waals surface area contributed by atoms with Crippen LogP contribution in [0.4, 0.5) is 19.0 Å². The molecule has 3 nitrogen and oxygen atoms in total. The summed E-state index contributed by atoms with van der Waals surface area (Å²) >= 11 is 0. The molecule has 0 aromatic carbocycles. The van der Waals surface area contributed by atoms with Crippen molar-refractivity contribution in [2.24, 2.45) is 0 Å². The van der Waals surface area contributed by atoms with Crippen LogP contribution in [0, 0.1) is 0 Å². The predicted molar refractivity (Wildman–Crippen MR) is 56.4 cm³/mol. The van der Waals surface area contributed by atoms with Crippen LogP contribution in [0.25, 0.3) is 0 Å². The van der Waals surface area contributed by atoms with E-state index < -0.39 is 12.7 Å². The molecular weight excluding hydrogens is 219 g/mol. The molecule has 0 unspecified atom stereocenters. The van der Waals surface area contributed by atoms with Gasteiger partial charge in [-0.15, -0.1) is 0 Å². The Hall–Kier alpha value is -1.30. The molecule has 1 aromatic rings. The summed E-state index contributed by atoms with van der Waals surface area (Å²) in [5.41, 5.74) is 0. The van der Waals surface area contributed by atoms with Crippen molar-refractivity contribution in [1.29, 1.82) is 0 Å². The summed E-state index contributed by atoms with van der Waals surface area (Å²) in [5.74, 6) is 0.747. The lowest BCUT2D eigenvalue weighted by Gasteiger charge is -2.18. The maximum atomic E-state index is 11.8. The first kappa shape index (κ1) is 12.8. The van der Waals surface area contributed by atoms with E-state index in [2.05, 4.69) is 10.3 Å². The number of pyridine rings is 1. The molecular formula is C10H14F3N3. The Morgan fingerprint density at radius 3 is 2.69 bits per heavy atom. The molecule has 0 fully saturated rings. The van der Waals surface area contributed by atoms with Crippen molar-refractivity contribution >= 4 is 5.82 Å². The molecule has 0 bridgehead atoms. The van der Waals surface area contributed by atoms with Crippen molar-refractivity contribution in [2.75, 3.05) is 31.6 Å². The molecule has 1 heterocycles. The Morgan fingerprint density at radius 2 is 2.12 bits per heavy atom. The Kier molecular flexibility index (Phi) is 4.54. The van der Waals surface area contributed by atoms with Gasteiger partial charge in [-0.25, -0.2) is 4.98 Å². The summed E-state index contributed by atoms with van der Waals surface area (Å²) < 4.78 is 35.4. The Morgan fingerprint density at radius 1 is 1.38 bits per heavy atom. The number of halogens is 3. The molecule has 6 heteroatoms. The topological polar surface area (TPSA) is 28.2 Å². The standard InChI is InChI=1S/C10H14F3N3/c1-16(9-4-2-3-5-15-9)7-6-14-8-10(11,12)13/h2-5,14H,6-8H2,1H3. The molecule has 0 aliphatic rings. The van der Waals surface area contributed by atoms with Gasteiger partial charge in [0.15, 0.2) is 0 Å². The van der Waals surface area contributed by atoms with Crippen LogP contribution in [0.2, 0.25) is 0 Å². The van der Waals surface area contributed by atoms with E-state index in [1.807, 2.05) is 12.1 Å². The van der Waals surface area contributed by atoms with Crippen LogP contribution in [0.15, 0.2) is 24.4 Å². The summed E-state index contributed by atoms with van der Waals surface area (Å²) in [5, 5.41) is 2.33. The monoisotopic (exact) mass is 233 g/mol. The minimum absolute atomic E-state index is 0.270. The third kappa shape index (κ3) is 4.97. The second kappa shape index (κ2) is 5.69. The molecule has 0 saturated heterocycles. The first-order valence-electron chi connectivity index (χ1n) is 4.89. The van der Waals surface area contributed by atoms with E-state index in [4.69, 9.17) is 0 Å². The Labute approximate surface area is 92.3 Å². The summed E-state index contributed by atoms with van der Waals surface area (Å²) in [6.45, 7) is -0.206. The zero-order valence-electron chi connectivity index (χ0n) is 8.96. The fraction of sp³-hybridized carbons (Fsp3) is 0.500. The van der Waals surface area contributed by atoms with Crippen LogP contribution >= 0.6 is 0 Å². The van der Waals surface area contributed by atoms with Crippen molar-refractivity contribution in [3.63, 3.8) is 0 Å². The minimum Gasteiger partial charge on any atom is -0.358 e. The molecule has 1 aromatic heterocycles. The zero-order chi connectivity index (χ0) is 12.0. The van der Waals surface area contributed by atoms with E-state index in [0.29, 0.717) is 6.54 Å². The summed E-state index contributed by atoms with van der Waals surface area (Å²) in [4.78, 5) is 5.88. The van der Waals surface area contributed by atoms with Crippen LogP contribution in [0.1, 0.15) is 0 Å². The number of nitrogens with one attached hydrogen (secondary N) is 1. The lowest BCUT2D eigenvalue weighted by Crippen LogP contribution is -2.35. The van der Waals surface area contributed by atoms with Crippen LogP contribution < -0.4 is 10.2 Å². The number of anilines is 1. The van der Waals surface area contributed by atoms with Gasteiger partial charge in [0.05, 0.1) is 6.54 Å². The average Bonchev–Trinajstić information content (AvgIpc) is 2.24. The SMILES string of the molecule is CN(CCNCC(F)(F)F)c1ccccn1. The number of likely N-dealkylation sites (N-methyl/N-ethyl adjacent to an activating group) is 1. The quantitative estimate of drug-likeness (QED) is 0.784. The highest BCUT2D eigenvalue weighted by Crippen LogP contribution is 2.12. The lowest BCUT2D eigenvalue weighted by molar-refractivity contribution is -0.124. The normalized spacial score (nSPS) is 11.5. The maximum absolute atomic E-state index is 11.8. The van der Waals surface area contributed by atoms with Crippen molar-refractivity contribution in [2.45, 2.75) is 6.18 Å². The van der Waals surface area contributed by atoms with E-state index in [-0.39, 0.29) is 6.54 Å².